The van der Waals surface area contributed by atoms with Crippen LogP contribution in [0.25, 0.3) is 0 Å². The maximum Gasteiger partial charge on any atom is 0.412 e. The molecule has 3 aromatic rings. The lowest BCUT2D eigenvalue weighted by molar-refractivity contribution is -0.340. The molecule has 2 aliphatic heterocycles. The van der Waals surface area contributed by atoms with Crippen molar-refractivity contribution in [2.45, 2.75) is 29.3 Å². The van der Waals surface area contributed by atoms with E-state index in [0.717, 1.165) is 16.5 Å². The van der Waals surface area contributed by atoms with Crippen LogP contribution in [-0.2, 0) is 21.7 Å². The van der Waals surface area contributed by atoms with E-state index in [-0.39, 0.29) is 11.1 Å². The number of likely N-dealkylation sites (tertiary alicyclic amines) is 1. The predicted molar refractivity (Wildman–Crippen MR) is 162 cm³/mol. The lowest BCUT2D eigenvalue weighted by atomic mass is 9.58. The number of piperidine rings is 1. The second-order valence-corrected chi connectivity index (χ2v) is 11.3. The van der Waals surface area contributed by atoms with Crippen LogP contribution >= 0.6 is 11.8 Å². The molecule has 0 spiro atoms. The number of Topliss-reactive ketones (excluding diaryl/α,β-unsaturated/α-hetero) is 1. The topological polar surface area (TPSA) is 97.0 Å². The molecule has 1 atom stereocenters. The molecule has 13 heteroatoms. The quantitative estimate of drug-likeness (QED) is 0.231. The van der Waals surface area contributed by atoms with Crippen molar-refractivity contribution in [1.82, 2.24) is 10.2 Å². The highest BCUT2D eigenvalue weighted by atomic mass is 32.2. The van der Waals surface area contributed by atoms with Gasteiger partial charge < -0.3 is 10.2 Å². The molecule has 0 saturated carbocycles. The van der Waals surface area contributed by atoms with E-state index >= 15 is 0 Å². The summed E-state index contributed by atoms with van der Waals surface area (Å²) in [5.74, 6) is -7.51. The van der Waals surface area contributed by atoms with Crippen LogP contribution in [0.4, 0.5) is 26.3 Å². The summed E-state index contributed by atoms with van der Waals surface area (Å²) in [4.78, 5) is 29.6. The molecule has 242 valence electrons. The van der Waals surface area contributed by atoms with E-state index < -0.39 is 47.5 Å². The van der Waals surface area contributed by atoms with Crippen LogP contribution in [-0.4, -0.2) is 41.7 Å². The van der Waals surface area contributed by atoms with Crippen LogP contribution in [0.1, 0.15) is 16.7 Å². The summed E-state index contributed by atoms with van der Waals surface area (Å²) in [5.41, 5.74) is -7.57. The van der Waals surface area contributed by atoms with Crippen LogP contribution in [0.2, 0.25) is 0 Å². The Morgan fingerprint density at radius 2 is 1.40 bits per heavy atom. The Hall–Kier alpha value is -5.01. The Kier molecular flexibility index (Phi) is 10.2. The monoisotopic (exact) mass is 668 g/mol. The number of nitrogens with zero attached hydrogens (tertiary/aromatic N) is 3. The van der Waals surface area contributed by atoms with Gasteiger partial charge in [-0.05, 0) is 53.4 Å². The third kappa shape index (κ3) is 6.11. The first-order valence-electron chi connectivity index (χ1n) is 13.9. The number of alkyl halides is 6. The van der Waals surface area contributed by atoms with Crippen molar-refractivity contribution in [3.05, 3.63) is 126 Å². The summed E-state index contributed by atoms with van der Waals surface area (Å²) in [5, 5.41) is 20.9. The summed E-state index contributed by atoms with van der Waals surface area (Å²) >= 11 is 1.40. The number of hydrogen-bond donors (Lipinski definition) is 1. The largest absolute Gasteiger partial charge is 0.412 e. The van der Waals surface area contributed by atoms with Gasteiger partial charge in [0, 0.05) is 23.6 Å². The molecule has 0 radical (unpaired) electrons. The fourth-order valence-corrected chi connectivity index (χ4v) is 6.10. The average Bonchev–Trinajstić information content (AvgIpc) is 3.07. The second-order valence-electron chi connectivity index (χ2n) is 10.5. The Morgan fingerprint density at radius 1 is 0.872 bits per heavy atom. The lowest BCUT2D eigenvalue weighted by Gasteiger charge is -2.54. The number of ketones is 1. The third-order valence-corrected chi connectivity index (χ3v) is 8.64. The van der Waals surface area contributed by atoms with Gasteiger partial charge in [-0.15, -0.1) is 11.8 Å². The van der Waals surface area contributed by atoms with Crippen molar-refractivity contribution < 1.29 is 35.9 Å². The van der Waals surface area contributed by atoms with E-state index in [1.54, 1.807) is 30.3 Å². The van der Waals surface area contributed by atoms with Gasteiger partial charge in [0.15, 0.2) is 17.2 Å². The van der Waals surface area contributed by atoms with Crippen molar-refractivity contribution in [3.63, 3.8) is 0 Å². The standard InChI is InChI=1S/C28H20F6N2O2S.C6H6N2/c1-39-21-14-12-18(13-15-21)17-36-23(37)22(16-35)26(27(29,30)31,28(32,33)34)24(38)25(36,19-8-4-2-5-9-19)20-10-6-3-7-11-20;7-4-6-2-1-3-8-5-6/h2-15,22H,17H2,1H3;1-3,8H,5H2. The van der Waals surface area contributed by atoms with Gasteiger partial charge in [-0.1, -0.05) is 72.8 Å². The second kappa shape index (κ2) is 13.8. The molecule has 0 aromatic heterocycles. The molecule has 1 N–H and O–H groups in total. The zero-order valence-electron chi connectivity index (χ0n) is 24.6. The number of thioether (sulfide) groups is 1. The average molecular weight is 669 g/mol. The number of benzene rings is 3. The fourth-order valence-electron chi connectivity index (χ4n) is 5.69. The first-order chi connectivity index (χ1) is 22.3. The number of nitriles is 2. The first-order valence-corrected chi connectivity index (χ1v) is 15.2. The van der Waals surface area contributed by atoms with Crippen molar-refractivity contribution in [1.29, 1.82) is 10.5 Å². The molecule has 0 bridgehead atoms. The van der Waals surface area contributed by atoms with Crippen LogP contribution < -0.4 is 5.32 Å². The smallest absolute Gasteiger partial charge is 0.386 e. The van der Waals surface area contributed by atoms with E-state index in [1.807, 2.05) is 18.5 Å². The zero-order chi connectivity index (χ0) is 34.5. The van der Waals surface area contributed by atoms with Gasteiger partial charge in [-0.25, -0.2) is 0 Å². The van der Waals surface area contributed by atoms with E-state index in [0.29, 0.717) is 17.0 Å². The summed E-state index contributed by atoms with van der Waals surface area (Å²) in [6.07, 6.45) is -5.39. The molecule has 1 unspecified atom stereocenters. The SMILES string of the molecule is CSc1ccc(CN2C(=O)C(C#N)C(C(F)(F)F)(C(F)(F)F)C(=O)C2(c2ccccc2)c2ccccc2)cc1.N#CC1=CC=CNC1. The number of hydrogen-bond acceptors (Lipinski definition) is 6. The van der Waals surface area contributed by atoms with Gasteiger partial charge in [0.1, 0.15) is 0 Å². The molecule has 2 aliphatic rings. The summed E-state index contributed by atoms with van der Waals surface area (Å²) in [6, 6.07) is 22.6. The minimum atomic E-state index is -6.32. The molecule has 2 heterocycles. The predicted octanol–water partition coefficient (Wildman–Crippen LogP) is 7.07. The molecule has 6 nitrogen and oxygen atoms in total. The maximum absolute atomic E-state index is 14.7. The molecular weight excluding hydrogens is 642 g/mol. The van der Waals surface area contributed by atoms with Crippen LogP contribution in [0.5, 0.6) is 0 Å². The molecule has 1 fully saturated rings. The number of amides is 1. The summed E-state index contributed by atoms with van der Waals surface area (Å²) in [6.45, 7) is 0.139. The van der Waals surface area contributed by atoms with Crippen molar-refractivity contribution in [3.8, 4) is 12.1 Å². The third-order valence-electron chi connectivity index (χ3n) is 7.89. The van der Waals surface area contributed by atoms with Gasteiger partial charge in [0.05, 0.1) is 12.1 Å². The summed E-state index contributed by atoms with van der Waals surface area (Å²) in [7, 11) is 0. The van der Waals surface area contributed by atoms with Gasteiger partial charge >= 0.3 is 12.4 Å². The molecule has 47 heavy (non-hydrogen) atoms. The molecule has 3 aromatic carbocycles. The molecule has 1 saturated heterocycles. The summed E-state index contributed by atoms with van der Waals surface area (Å²) < 4.78 is 88.2. The number of allylic oxidation sites excluding steroid dienone is 2. The highest BCUT2D eigenvalue weighted by Gasteiger charge is 2.85. The van der Waals surface area contributed by atoms with Crippen molar-refractivity contribution >= 4 is 23.5 Å². The van der Waals surface area contributed by atoms with E-state index in [9.17, 15) is 41.2 Å². The molecule has 5 rings (SSSR count). The highest BCUT2D eigenvalue weighted by Crippen LogP contribution is 2.63. The van der Waals surface area contributed by atoms with Crippen LogP contribution in [0, 0.1) is 34.0 Å². The van der Waals surface area contributed by atoms with Crippen LogP contribution in [0.15, 0.2) is 114 Å². The van der Waals surface area contributed by atoms with E-state index in [2.05, 4.69) is 11.4 Å². The molecular formula is C34H26F6N4O2S. The number of carbonyl (C=O) groups is 2. The Labute approximate surface area is 271 Å². The molecule has 1 amide bonds. The first kappa shape index (κ1) is 34.9. The van der Waals surface area contributed by atoms with Gasteiger partial charge in [0.25, 0.3) is 0 Å². The van der Waals surface area contributed by atoms with Gasteiger partial charge in [0.2, 0.25) is 11.3 Å². The Balaban J connectivity index is 0.000000546. The van der Waals surface area contributed by atoms with E-state index in [1.165, 1.54) is 72.4 Å². The van der Waals surface area contributed by atoms with Gasteiger partial charge in [-0.3, -0.25) is 9.59 Å². The normalized spacial score (nSPS) is 18.5. The number of dihydropyridines is 1. The number of carbonyl (C=O) groups excluding carboxylic acids is 2. The number of halogens is 6. The molecule has 0 aliphatic carbocycles. The van der Waals surface area contributed by atoms with Gasteiger partial charge in [-0.2, -0.15) is 36.9 Å². The van der Waals surface area contributed by atoms with Crippen molar-refractivity contribution in [2.24, 2.45) is 11.3 Å². The highest BCUT2D eigenvalue weighted by molar-refractivity contribution is 7.98. The lowest BCUT2D eigenvalue weighted by Crippen LogP contribution is -2.75. The minimum absolute atomic E-state index is 0.274. The zero-order valence-corrected chi connectivity index (χ0v) is 25.5. The van der Waals surface area contributed by atoms with Crippen LogP contribution in [0.3, 0.4) is 0 Å². The number of nitrogens with one attached hydrogen (secondary N) is 1. The fraction of sp³-hybridized carbons (Fsp3) is 0.235. The van der Waals surface area contributed by atoms with E-state index in [4.69, 9.17) is 5.26 Å². The number of rotatable bonds is 5. The maximum atomic E-state index is 14.7. The Morgan fingerprint density at radius 3 is 1.79 bits per heavy atom. The van der Waals surface area contributed by atoms with Crippen molar-refractivity contribution in [2.75, 3.05) is 12.8 Å². The Bertz CT molecular complexity index is 1690. The minimum Gasteiger partial charge on any atom is -0.386 e.